The summed E-state index contributed by atoms with van der Waals surface area (Å²) in [5.74, 6) is -0.155. The number of nitrogens with zero attached hydrogens (tertiary/aromatic N) is 4. The molecule has 0 N–H and O–H groups in total. The Hall–Kier alpha value is -2.24. The third-order valence-corrected chi connectivity index (χ3v) is 7.15. The van der Waals surface area contributed by atoms with Gasteiger partial charge in [-0.15, -0.1) is 0 Å². The average Bonchev–Trinajstić information content (AvgIpc) is 3.14. The SMILES string of the molecule is Cc1ccc(S(=O)(=O)N2CCN(C(=O)N3CCOCC3)[C@@H]2C(C)C)cc1[N+](=O)[O-]. The fourth-order valence-corrected chi connectivity index (χ4v) is 5.54. The molecule has 0 aromatic heterocycles. The molecule has 1 aromatic carbocycles. The van der Waals surface area contributed by atoms with Crippen molar-refractivity contribution >= 4 is 21.7 Å². The largest absolute Gasteiger partial charge is 0.378 e. The zero-order valence-corrected chi connectivity index (χ0v) is 17.6. The number of nitro benzene ring substituents is 1. The number of ether oxygens (including phenoxy) is 1. The molecule has 10 nitrogen and oxygen atoms in total. The van der Waals surface area contributed by atoms with Crippen LogP contribution >= 0.6 is 0 Å². The van der Waals surface area contributed by atoms with Crippen LogP contribution < -0.4 is 0 Å². The Labute approximate surface area is 170 Å². The van der Waals surface area contributed by atoms with Gasteiger partial charge in [-0.05, 0) is 18.9 Å². The maximum atomic E-state index is 13.3. The van der Waals surface area contributed by atoms with Crippen LogP contribution in [0.4, 0.5) is 10.5 Å². The molecule has 2 heterocycles. The van der Waals surface area contributed by atoms with E-state index in [1.807, 2.05) is 13.8 Å². The molecule has 0 radical (unpaired) electrons. The number of aryl methyl sites for hydroxylation is 1. The number of rotatable bonds is 4. The topological polar surface area (TPSA) is 113 Å². The summed E-state index contributed by atoms with van der Waals surface area (Å²) in [4.78, 5) is 26.8. The lowest BCUT2D eigenvalue weighted by molar-refractivity contribution is -0.385. The van der Waals surface area contributed by atoms with Gasteiger partial charge < -0.3 is 14.5 Å². The van der Waals surface area contributed by atoms with Gasteiger partial charge in [0.05, 0.1) is 23.0 Å². The Morgan fingerprint density at radius 3 is 2.45 bits per heavy atom. The van der Waals surface area contributed by atoms with E-state index in [2.05, 4.69) is 0 Å². The number of morpholine rings is 1. The minimum Gasteiger partial charge on any atom is -0.378 e. The molecule has 2 amide bonds. The molecule has 0 unspecified atom stereocenters. The molecule has 3 rings (SSSR count). The molecule has 2 fully saturated rings. The first-order chi connectivity index (χ1) is 13.6. The van der Waals surface area contributed by atoms with Crippen molar-refractivity contribution in [2.75, 3.05) is 39.4 Å². The maximum Gasteiger partial charge on any atom is 0.321 e. The number of carbonyl (C=O) groups excluding carboxylic acids is 1. The highest BCUT2D eigenvalue weighted by Crippen LogP contribution is 2.31. The Balaban J connectivity index is 1.92. The summed E-state index contributed by atoms with van der Waals surface area (Å²) in [7, 11) is -4.01. The summed E-state index contributed by atoms with van der Waals surface area (Å²) in [5, 5.41) is 11.2. The minimum absolute atomic E-state index is 0.138. The smallest absolute Gasteiger partial charge is 0.321 e. The Morgan fingerprint density at radius 2 is 1.86 bits per heavy atom. The predicted octanol–water partition coefficient (Wildman–Crippen LogP) is 1.64. The third-order valence-electron chi connectivity index (χ3n) is 5.28. The fraction of sp³-hybridized carbons (Fsp3) is 0.611. The monoisotopic (exact) mass is 426 g/mol. The first-order valence-corrected chi connectivity index (χ1v) is 11.0. The number of sulfonamides is 1. The molecule has 2 saturated heterocycles. The molecule has 0 bridgehead atoms. The Morgan fingerprint density at radius 1 is 1.21 bits per heavy atom. The van der Waals surface area contributed by atoms with Crippen LogP contribution in [0.25, 0.3) is 0 Å². The number of nitro groups is 1. The van der Waals surface area contributed by atoms with Crippen LogP contribution in [-0.2, 0) is 14.8 Å². The maximum absolute atomic E-state index is 13.3. The minimum atomic E-state index is -4.01. The number of carbonyl (C=O) groups is 1. The molecule has 11 heteroatoms. The highest BCUT2D eigenvalue weighted by atomic mass is 32.2. The molecule has 160 valence electrons. The first kappa shape index (κ1) is 21.5. The fourth-order valence-electron chi connectivity index (χ4n) is 3.81. The molecule has 2 aliphatic heterocycles. The van der Waals surface area contributed by atoms with Gasteiger partial charge >= 0.3 is 6.03 Å². The van der Waals surface area contributed by atoms with Crippen molar-refractivity contribution in [1.82, 2.24) is 14.1 Å². The van der Waals surface area contributed by atoms with Crippen molar-refractivity contribution in [3.05, 3.63) is 33.9 Å². The highest BCUT2D eigenvalue weighted by Gasteiger charge is 2.45. The van der Waals surface area contributed by atoms with Gasteiger partial charge in [-0.3, -0.25) is 10.1 Å². The summed E-state index contributed by atoms with van der Waals surface area (Å²) in [6.07, 6.45) is -0.657. The standard InChI is InChI=1S/C18H26N4O6S/c1-13(2)17-20(18(23)19-8-10-28-11-9-19)6-7-21(17)29(26,27)15-5-4-14(3)16(12-15)22(24)25/h4-5,12-13,17H,6-11H2,1-3H3/t17-/m0/s1. The van der Waals surface area contributed by atoms with E-state index in [0.717, 1.165) is 6.07 Å². The number of amides is 2. The molecule has 1 atom stereocenters. The number of hydrogen-bond acceptors (Lipinski definition) is 6. The van der Waals surface area contributed by atoms with Crippen molar-refractivity contribution in [1.29, 1.82) is 0 Å². The second-order valence-electron chi connectivity index (χ2n) is 7.55. The van der Waals surface area contributed by atoms with Crippen molar-refractivity contribution in [2.45, 2.75) is 31.8 Å². The van der Waals surface area contributed by atoms with E-state index in [0.29, 0.717) is 31.9 Å². The van der Waals surface area contributed by atoms with Crippen LogP contribution in [0.15, 0.2) is 23.1 Å². The van der Waals surface area contributed by atoms with Gasteiger partial charge in [-0.25, -0.2) is 13.2 Å². The lowest BCUT2D eigenvalue weighted by Gasteiger charge is -2.37. The van der Waals surface area contributed by atoms with Crippen molar-refractivity contribution in [3.63, 3.8) is 0 Å². The van der Waals surface area contributed by atoms with Gasteiger partial charge in [-0.2, -0.15) is 4.31 Å². The zero-order valence-electron chi connectivity index (χ0n) is 16.8. The van der Waals surface area contributed by atoms with Crippen molar-refractivity contribution in [2.24, 2.45) is 5.92 Å². The molecule has 2 aliphatic rings. The van der Waals surface area contributed by atoms with Crippen LogP contribution in [-0.4, -0.2) is 79.0 Å². The van der Waals surface area contributed by atoms with Gasteiger partial charge in [0.1, 0.15) is 6.17 Å². The van der Waals surface area contributed by atoms with E-state index >= 15 is 0 Å². The van der Waals surface area contributed by atoms with Crippen LogP contribution in [0, 0.1) is 23.0 Å². The molecule has 0 spiro atoms. The van der Waals surface area contributed by atoms with E-state index in [1.165, 1.54) is 16.4 Å². The second-order valence-corrected chi connectivity index (χ2v) is 9.44. The van der Waals surface area contributed by atoms with Crippen molar-refractivity contribution in [3.8, 4) is 0 Å². The summed E-state index contributed by atoms with van der Waals surface area (Å²) in [6.45, 7) is 7.54. The van der Waals surface area contributed by atoms with Gasteiger partial charge in [0.15, 0.2) is 0 Å². The van der Waals surface area contributed by atoms with E-state index in [1.54, 1.807) is 16.7 Å². The lowest BCUT2D eigenvalue weighted by atomic mass is 10.1. The Kier molecular flexibility index (Phi) is 6.11. The molecule has 29 heavy (non-hydrogen) atoms. The number of hydrogen-bond donors (Lipinski definition) is 0. The van der Waals surface area contributed by atoms with Gasteiger partial charge in [0.2, 0.25) is 10.0 Å². The molecular weight excluding hydrogens is 400 g/mol. The normalized spacial score (nSPS) is 21.0. The van der Waals surface area contributed by atoms with E-state index in [9.17, 15) is 23.3 Å². The molecule has 1 aromatic rings. The summed E-state index contributed by atoms with van der Waals surface area (Å²) in [5.41, 5.74) is 0.146. The van der Waals surface area contributed by atoms with Crippen LogP contribution in [0.1, 0.15) is 19.4 Å². The Bertz CT molecular complexity index is 898. The summed E-state index contributed by atoms with van der Waals surface area (Å²) < 4.78 is 33.2. The lowest BCUT2D eigenvalue weighted by Crippen LogP contribution is -2.53. The van der Waals surface area contributed by atoms with E-state index in [-0.39, 0.29) is 35.6 Å². The third kappa shape index (κ3) is 4.07. The molecule has 0 aliphatic carbocycles. The molecule has 0 saturated carbocycles. The molecular formula is C18H26N4O6S. The van der Waals surface area contributed by atoms with Gasteiger partial charge in [0.25, 0.3) is 5.69 Å². The van der Waals surface area contributed by atoms with Gasteiger partial charge in [0, 0.05) is 37.8 Å². The predicted molar refractivity (Wildman–Crippen MR) is 105 cm³/mol. The van der Waals surface area contributed by atoms with Crippen molar-refractivity contribution < 1.29 is 22.9 Å². The van der Waals surface area contributed by atoms with E-state index < -0.39 is 21.1 Å². The number of benzene rings is 1. The van der Waals surface area contributed by atoms with E-state index in [4.69, 9.17) is 4.74 Å². The van der Waals surface area contributed by atoms with Crippen LogP contribution in [0.2, 0.25) is 0 Å². The van der Waals surface area contributed by atoms with Crippen LogP contribution in [0.3, 0.4) is 0 Å². The zero-order chi connectivity index (χ0) is 21.3. The highest BCUT2D eigenvalue weighted by molar-refractivity contribution is 7.89. The van der Waals surface area contributed by atoms with Crippen LogP contribution in [0.5, 0.6) is 0 Å². The summed E-state index contributed by atoms with van der Waals surface area (Å²) in [6, 6.07) is 3.69. The van der Waals surface area contributed by atoms with Gasteiger partial charge in [-0.1, -0.05) is 19.9 Å². The summed E-state index contributed by atoms with van der Waals surface area (Å²) >= 11 is 0. The average molecular weight is 426 g/mol. The number of urea groups is 1. The quantitative estimate of drug-likeness (QED) is 0.534. The second kappa shape index (κ2) is 8.25. The first-order valence-electron chi connectivity index (χ1n) is 9.54.